The smallest absolute Gasteiger partial charge is 0.227 e. The Hall–Kier alpha value is -1.35. The van der Waals surface area contributed by atoms with Gasteiger partial charge in [0.1, 0.15) is 0 Å². The molecule has 1 atom stereocenters. The van der Waals surface area contributed by atoms with Crippen LogP contribution in [0.1, 0.15) is 37.8 Å². The van der Waals surface area contributed by atoms with Crippen molar-refractivity contribution in [3.63, 3.8) is 0 Å². The normalized spacial score (nSPS) is 20.3. The monoisotopic (exact) mass is 247 g/mol. The van der Waals surface area contributed by atoms with Crippen LogP contribution < -0.4 is 4.90 Å². The molecule has 0 bridgehead atoms. The predicted molar refractivity (Wildman–Crippen MR) is 72.8 cm³/mol. The van der Waals surface area contributed by atoms with Gasteiger partial charge in [0.25, 0.3) is 0 Å². The maximum atomic E-state index is 12.1. The zero-order chi connectivity index (χ0) is 13.1. The predicted octanol–water partition coefficient (Wildman–Crippen LogP) is 2.30. The molecule has 3 heteroatoms. The highest BCUT2D eigenvalue weighted by molar-refractivity contribution is 5.95. The number of carbonyl (C=O) groups excluding carboxylic acids is 1. The lowest BCUT2D eigenvalue weighted by Crippen LogP contribution is -2.43. The van der Waals surface area contributed by atoms with Crippen LogP contribution in [0, 0.1) is 0 Å². The Morgan fingerprint density at radius 1 is 1.28 bits per heavy atom. The number of nitrogens with zero attached hydrogens (tertiary/aromatic N) is 1. The van der Waals surface area contributed by atoms with E-state index in [9.17, 15) is 9.90 Å². The highest BCUT2D eigenvalue weighted by Gasteiger charge is 2.27. The van der Waals surface area contributed by atoms with Crippen LogP contribution in [-0.2, 0) is 17.6 Å². The molecule has 3 nitrogen and oxygen atoms in total. The first-order valence-corrected chi connectivity index (χ1v) is 6.76. The third kappa shape index (κ3) is 2.41. The Labute approximate surface area is 108 Å². The summed E-state index contributed by atoms with van der Waals surface area (Å²) < 4.78 is 0. The van der Waals surface area contributed by atoms with E-state index in [0.29, 0.717) is 19.4 Å². The summed E-state index contributed by atoms with van der Waals surface area (Å²) >= 11 is 0. The number of amides is 1. The fourth-order valence-corrected chi connectivity index (χ4v) is 2.61. The molecule has 1 aliphatic rings. The fraction of sp³-hybridized carbons (Fsp3) is 0.533. The van der Waals surface area contributed by atoms with Crippen molar-refractivity contribution >= 4 is 11.6 Å². The average Bonchev–Trinajstić information content (AvgIpc) is 2.40. The number of anilines is 1. The van der Waals surface area contributed by atoms with Gasteiger partial charge in [0, 0.05) is 6.42 Å². The molecule has 1 saturated heterocycles. The van der Waals surface area contributed by atoms with Crippen LogP contribution in [0.2, 0.25) is 0 Å². The molecule has 1 aromatic rings. The molecule has 1 N–H and O–H groups in total. The van der Waals surface area contributed by atoms with Crippen molar-refractivity contribution in [3.8, 4) is 0 Å². The van der Waals surface area contributed by atoms with Gasteiger partial charge in [-0.15, -0.1) is 0 Å². The quantitative estimate of drug-likeness (QED) is 0.890. The third-order valence-electron chi connectivity index (χ3n) is 3.62. The van der Waals surface area contributed by atoms with Crippen LogP contribution in [0.4, 0.5) is 5.69 Å². The summed E-state index contributed by atoms with van der Waals surface area (Å²) in [4.78, 5) is 13.9. The Morgan fingerprint density at radius 3 is 2.44 bits per heavy atom. The van der Waals surface area contributed by atoms with Crippen molar-refractivity contribution in [1.29, 1.82) is 0 Å². The second kappa shape index (κ2) is 5.53. The molecule has 1 aromatic carbocycles. The number of hydrogen-bond donors (Lipinski definition) is 1. The van der Waals surface area contributed by atoms with Crippen molar-refractivity contribution in [2.45, 2.75) is 45.6 Å². The number of para-hydroxylation sites is 1. The largest absolute Gasteiger partial charge is 0.391 e. The van der Waals surface area contributed by atoms with Gasteiger partial charge < -0.3 is 10.0 Å². The lowest BCUT2D eigenvalue weighted by Gasteiger charge is -2.33. The van der Waals surface area contributed by atoms with Gasteiger partial charge in [-0.3, -0.25) is 4.79 Å². The first-order valence-electron chi connectivity index (χ1n) is 6.76. The number of aryl methyl sites for hydroxylation is 2. The highest BCUT2D eigenvalue weighted by Crippen LogP contribution is 2.30. The number of β-amino-alcohol motifs (C(OH)–C–C–N with tert-alkyl or cyclic N) is 1. The Bertz CT molecular complexity index is 420. The SMILES string of the molecule is CCc1cccc(CC)c1N1CC(O)CCC1=O. The first-order chi connectivity index (χ1) is 8.67. The van der Waals surface area contributed by atoms with Crippen LogP contribution >= 0.6 is 0 Å². The van der Waals surface area contributed by atoms with E-state index >= 15 is 0 Å². The highest BCUT2D eigenvalue weighted by atomic mass is 16.3. The Morgan fingerprint density at radius 2 is 1.89 bits per heavy atom. The lowest BCUT2D eigenvalue weighted by molar-refractivity contribution is -0.121. The van der Waals surface area contributed by atoms with E-state index < -0.39 is 6.10 Å². The van der Waals surface area contributed by atoms with Gasteiger partial charge >= 0.3 is 0 Å². The number of carbonyl (C=O) groups is 1. The molecule has 2 rings (SSSR count). The molecule has 0 saturated carbocycles. The van der Waals surface area contributed by atoms with E-state index in [1.54, 1.807) is 4.90 Å². The summed E-state index contributed by atoms with van der Waals surface area (Å²) in [5, 5.41) is 9.79. The van der Waals surface area contributed by atoms with Crippen molar-refractivity contribution in [2.24, 2.45) is 0 Å². The second-order valence-corrected chi connectivity index (χ2v) is 4.83. The molecule has 1 amide bonds. The maximum Gasteiger partial charge on any atom is 0.227 e. The lowest BCUT2D eigenvalue weighted by atomic mass is 9.98. The first kappa shape index (κ1) is 13.1. The van der Waals surface area contributed by atoms with Crippen molar-refractivity contribution in [2.75, 3.05) is 11.4 Å². The molecule has 1 unspecified atom stereocenters. The summed E-state index contributed by atoms with van der Waals surface area (Å²) in [6.45, 7) is 4.63. The van der Waals surface area contributed by atoms with Gasteiger partial charge in [-0.1, -0.05) is 32.0 Å². The molecular formula is C15H21NO2. The minimum atomic E-state index is -0.391. The van der Waals surface area contributed by atoms with Crippen LogP contribution in [0.15, 0.2) is 18.2 Å². The average molecular weight is 247 g/mol. The number of benzene rings is 1. The number of aliphatic hydroxyl groups is 1. The zero-order valence-corrected chi connectivity index (χ0v) is 11.1. The zero-order valence-electron chi connectivity index (χ0n) is 11.1. The summed E-state index contributed by atoms with van der Waals surface area (Å²) in [6.07, 6.45) is 2.46. The van der Waals surface area contributed by atoms with Gasteiger partial charge in [-0.2, -0.15) is 0 Å². The molecule has 98 valence electrons. The minimum absolute atomic E-state index is 0.135. The summed E-state index contributed by atoms with van der Waals surface area (Å²) in [6, 6.07) is 6.19. The molecule has 0 aromatic heterocycles. The molecule has 0 radical (unpaired) electrons. The van der Waals surface area contributed by atoms with Crippen molar-refractivity contribution in [1.82, 2.24) is 0 Å². The van der Waals surface area contributed by atoms with Crippen LogP contribution in [0.5, 0.6) is 0 Å². The second-order valence-electron chi connectivity index (χ2n) is 4.83. The standard InChI is InChI=1S/C15H21NO2/c1-3-11-6-5-7-12(4-2)15(11)16-10-13(17)8-9-14(16)18/h5-7,13,17H,3-4,8-10H2,1-2H3. The number of aliphatic hydroxyl groups excluding tert-OH is 1. The molecule has 1 heterocycles. The number of hydrogen-bond acceptors (Lipinski definition) is 2. The van der Waals surface area contributed by atoms with E-state index in [2.05, 4.69) is 26.0 Å². The van der Waals surface area contributed by atoms with Crippen LogP contribution in [-0.4, -0.2) is 23.7 Å². The minimum Gasteiger partial charge on any atom is -0.391 e. The van der Waals surface area contributed by atoms with Crippen molar-refractivity contribution < 1.29 is 9.90 Å². The van der Waals surface area contributed by atoms with E-state index in [-0.39, 0.29) is 5.91 Å². The molecule has 0 aliphatic carbocycles. The molecule has 0 spiro atoms. The van der Waals surface area contributed by atoms with Gasteiger partial charge in [0.05, 0.1) is 18.3 Å². The number of piperidine rings is 1. The molecule has 1 aliphatic heterocycles. The van der Waals surface area contributed by atoms with E-state index in [1.165, 1.54) is 11.1 Å². The van der Waals surface area contributed by atoms with Gasteiger partial charge in [0.2, 0.25) is 5.91 Å². The Balaban J connectivity index is 2.44. The summed E-state index contributed by atoms with van der Waals surface area (Å²) in [5.41, 5.74) is 3.42. The van der Waals surface area contributed by atoms with Gasteiger partial charge in [-0.25, -0.2) is 0 Å². The van der Waals surface area contributed by atoms with Gasteiger partial charge in [-0.05, 0) is 30.4 Å². The van der Waals surface area contributed by atoms with Crippen LogP contribution in [0.3, 0.4) is 0 Å². The fourth-order valence-electron chi connectivity index (χ4n) is 2.61. The molecular weight excluding hydrogens is 226 g/mol. The van der Waals surface area contributed by atoms with Gasteiger partial charge in [0.15, 0.2) is 0 Å². The van der Waals surface area contributed by atoms with E-state index in [1.807, 2.05) is 6.07 Å². The molecule has 18 heavy (non-hydrogen) atoms. The van der Waals surface area contributed by atoms with Crippen LogP contribution in [0.25, 0.3) is 0 Å². The molecule has 1 fully saturated rings. The Kier molecular flexibility index (Phi) is 4.02. The van der Waals surface area contributed by atoms with E-state index in [0.717, 1.165) is 18.5 Å². The van der Waals surface area contributed by atoms with E-state index in [4.69, 9.17) is 0 Å². The summed E-state index contributed by atoms with van der Waals surface area (Å²) in [7, 11) is 0. The number of rotatable bonds is 3. The third-order valence-corrected chi connectivity index (χ3v) is 3.62. The topological polar surface area (TPSA) is 40.5 Å². The van der Waals surface area contributed by atoms with Crippen molar-refractivity contribution in [3.05, 3.63) is 29.3 Å². The summed E-state index contributed by atoms with van der Waals surface area (Å²) in [5.74, 6) is 0.135. The maximum absolute atomic E-state index is 12.1.